The van der Waals surface area contributed by atoms with Crippen LogP contribution in [0.3, 0.4) is 0 Å². The van der Waals surface area contributed by atoms with Crippen molar-refractivity contribution in [3.8, 4) is 0 Å². The van der Waals surface area contributed by atoms with Gasteiger partial charge in [-0.1, -0.05) is 30.3 Å². The summed E-state index contributed by atoms with van der Waals surface area (Å²) in [5.41, 5.74) is -2.96. The summed E-state index contributed by atoms with van der Waals surface area (Å²) in [6.45, 7) is 0. The number of aliphatic hydroxyl groups is 1. The van der Waals surface area contributed by atoms with Crippen molar-refractivity contribution in [3.63, 3.8) is 0 Å². The van der Waals surface area contributed by atoms with Crippen LogP contribution < -0.4 is 10.6 Å². The number of esters is 1. The average molecular weight is 335 g/mol. The van der Waals surface area contributed by atoms with Gasteiger partial charge in [-0.05, 0) is 17.2 Å². The molecule has 0 saturated carbocycles. The van der Waals surface area contributed by atoms with Crippen LogP contribution in [0, 0.1) is 5.92 Å². The number of carbonyl (C=O) groups is 2. The maximum absolute atomic E-state index is 13.7. The Bertz CT molecular complexity index is 581. The molecule has 1 aliphatic rings. The Morgan fingerprint density at radius 3 is 2.50 bits per heavy atom. The minimum Gasteiger partial charge on any atom is -0.469 e. The third-order valence-corrected chi connectivity index (χ3v) is 3.71. The van der Waals surface area contributed by atoms with Crippen molar-refractivity contribution in [2.75, 3.05) is 7.11 Å². The number of benzene rings is 1. The van der Waals surface area contributed by atoms with Crippen LogP contribution in [-0.2, 0) is 9.53 Å². The fourth-order valence-corrected chi connectivity index (χ4v) is 2.53. The molecule has 1 saturated heterocycles. The summed E-state index contributed by atoms with van der Waals surface area (Å²) in [6, 6.07) is 5.56. The van der Waals surface area contributed by atoms with Gasteiger partial charge in [0.05, 0.1) is 13.2 Å². The quantitative estimate of drug-likeness (QED) is 0.575. The highest BCUT2D eigenvalue weighted by atomic mass is 35.5. The molecule has 3 N–H and O–H groups in total. The van der Waals surface area contributed by atoms with E-state index in [1.807, 2.05) is 0 Å². The number of nitrogens with one attached hydrogen (secondary N) is 2. The topological polar surface area (TPSA) is 87.7 Å². The average Bonchev–Trinajstić information content (AvgIpc) is 2.45. The molecule has 1 aromatic rings. The first-order valence-electron chi connectivity index (χ1n) is 6.21. The van der Waals surface area contributed by atoms with E-state index in [0.29, 0.717) is 5.56 Å². The molecular weight excluding hydrogens is 322 g/mol. The van der Waals surface area contributed by atoms with Crippen LogP contribution in [0.1, 0.15) is 11.6 Å². The third-order valence-electron chi connectivity index (χ3n) is 3.42. The Morgan fingerprint density at radius 2 is 2.00 bits per heavy atom. The summed E-state index contributed by atoms with van der Waals surface area (Å²) in [6.07, 6.45) is 0. The summed E-state index contributed by atoms with van der Waals surface area (Å²) in [7, 11) is 0.980. The maximum atomic E-state index is 13.7. The lowest BCUT2D eigenvalue weighted by molar-refractivity contribution is -0.201. The van der Waals surface area contributed by atoms with Crippen LogP contribution in [-0.4, -0.2) is 35.3 Å². The van der Waals surface area contributed by atoms with Crippen molar-refractivity contribution in [3.05, 3.63) is 35.9 Å². The molecule has 2 rings (SSSR count). The molecule has 3 atom stereocenters. The molecule has 0 aliphatic carbocycles. The summed E-state index contributed by atoms with van der Waals surface area (Å²) in [5, 5.41) is 9.86. The van der Waals surface area contributed by atoms with E-state index in [1.165, 1.54) is 12.1 Å². The highest BCUT2D eigenvalue weighted by Crippen LogP contribution is 2.44. The zero-order chi connectivity index (χ0) is 16.5. The van der Waals surface area contributed by atoms with E-state index in [9.17, 15) is 23.5 Å². The Kier molecular flexibility index (Phi) is 4.25. The van der Waals surface area contributed by atoms with E-state index in [4.69, 9.17) is 11.6 Å². The van der Waals surface area contributed by atoms with Gasteiger partial charge in [0.2, 0.25) is 5.72 Å². The van der Waals surface area contributed by atoms with Crippen molar-refractivity contribution in [1.29, 1.82) is 0 Å². The van der Waals surface area contributed by atoms with Crippen LogP contribution in [0.2, 0.25) is 0 Å². The van der Waals surface area contributed by atoms with Crippen molar-refractivity contribution in [2.45, 2.75) is 17.1 Å². The maximum Gasteiger partial charge on any atom is 0.369 e. The van der Waals surface area contributed by atoms with Crippen LogP contribution in [0.4, 0.5) is 13.6 Å². The van der Waals surface area contributed by atoms with Gasteiger partial charge in [0.15, 0.2) is 0 Å². The molecule has 0 radical (unpaired) electrons. The Balaban J connectivity index is 2.56. The molecule has 1 heterocycles. The van der Waals surface area contributed by atoms with Gasteiger partial charge in [-0.3, -0.25) is 4.79 Å². The van der Waals surface area contributed by atoms with E-state index in [2.05, 4.69) is 10.1 Å². The lowest BCUT2D eigenvalue weighted by Gasteiger charge is -2.45. The normalized spacial score (nSPS) is 28.5. The standard InChI is InChI=1S/C13H13ClF2N2O4/c1-22-10(19)8-9(7-5-3-2-4-6-7)17-11(20)18-12(8,21)13(14,15)16/h2-6,8-9,21H,1H3,(H2,17,18,20)/t8-,9-,12-/m1/s1. The molecule has 0 unspecified atom stereocenters. The molecule has 1 aromatic carbocycles. The molecule has 120 valence electrons. The third kappa shape index (κ3) is 2.71. The first kappa shape index (κ1) is 16.4. The molecular formula is C13H13ClF2N2O4. The highest BCUT2D eigenvalue weighted by Gasteiger charge is 2.65. The van der Waals surface area contributed by atoms with Crippen molar-refractivity contribution < 1.29 is 28.2 Å². The van der Waals surface area contributed by atoms with Crippen LogP contribution in [0.5, 0.6) is 0 Å². The minimum atomic E-state index is -4.29. The molecule has 0 bridgehead atoms. The lowest BCUT2D eigenvalue weighted by Crippen LogP contribution is -2.72. The van der Waals surface area contributed by atoms with E-state index in [0.717, 1.165) is 7.11 Å². The first-order chi connectivity index (χ1) is 10.2. The summed E-state index contributed by atoms with van der Waals surface area (Å²) in [5.74, 6) is -3.01. The molecule has 0 aromatic heterocycles. The van der Waals surface area contributed by atoms with Gasteiger partial charge in [-0.15, -0.1) is 0 Å². The van der Waals surface area contributed by atoms with Crippen molar-refractivity contribution >= 4 is 23.6 Å². The zero-order valence-electron chi connectivity index (χ0n) is 11.3. The van der Waals surface area contributed by atoms with Crippen LogP contribution >= 0.6 is 11.6 Å². The molecule has 6 nitrogen and oxygen atoms in total. The number of methoxy groups -OCH3 is 1. The number of halogens is 3. The summed E-state index contributed by atoms with van der Waals surface area (Å²) >= 11 is 4.93. The number of amides is 2. The number of hydrogen-bond acceptors (Lipinski definition) is 4. The van der Waals surface area contributed by atoms with E-state index >= 15 is 0 Å². The summed E-state index contributed by atoms with van der Waals surface area (Å²) < 4.78 is 31.8. The highest BCUT2D eigenvalue weighted by molar-refractivity contribution is 6.22. The SMILES string of the molecule is COC(=O)[C@H]1[C@@H](c2ccccc2)NC(=O)N[C@]1(O)C(F)(F)Cl. The second-order valence-corrected chi connectivity index (χ2v) is 5.23. The predicted octanol–water partition coefficient (Wildman–Crippen LogP) is 1.35. The largest absolute Gasteiger partial charge is 0.469 e. The van der Waals surface area contributed by atoms with E-state index in [-0.39, 0.29) is 0 Å². The van der Waals surface area contributed by atoms with E-state index in [1.54, 1.807) is 23.5 Å². The van der Waals surface area contributed by atoms with E-state index < -0.39 is 35.1 Å². The van der Waals surface area contributed by atoms with Crippen molar-refractivity contribution in [2.24, 2.45) is 5.92 Å². The second-order valence-electron chi connectivity index (χ2n) is 4.75. The van der Waals surface area contributed by atoms with Gasteiger partial charge >= 0.3 is 17.4 Å². The fraction of sp³-hybridized carbons (Fsp3) is 0.385. The van der Waals surface area contributed by atoms with Gasteiger partial charge in [-0.25, -0.2) is 4.79 Å². The second kappa shape index (κ2) is 5.69. The molecule has 9 heteroatoms. The molecule has 0 spiro atoms. The monoisotopic (exact) mass is 334 g/mol. The number of rotatable bonds is 3. The fourth-order valence-electron chi connectivity index (χ4n) is 2.37. The van der Waals surface area contributed by atoms with Crippen LogP contribution in [0.25, 0.3) is 0 Å². The molecule has 1 fully saturated rings. The van der Waals surface area contributed by atoms with Gasteiger partial charge in [0.25, 0.3) is 0 Å². The van der Waals surface area contributed by atoms with Gasteiger partial charge in [0.1, 0.15) is 5.92 Å². The van der Waals surface area contributed by atoms with Gasteiger partial charge in [-0.2, -0.15) is 8.78 Å². The lowest BCUT2D eigenvalue weighted by atomic mass is 9.82. The van der Waals surface area contributed by atoms with Gasteiger partial charge in [0, 0.05) is 0 Å². The Hall–Kier alpha value is -1.93. The minimum absolute atomic E-state index is 0.340. The number of ether oxygens (including phenoxy) is 1. The Morgan fingerprint density at radius 1 is 1.41 bits per heavy atom. The van der Waals surface area contributed by atoms with Crippen molar-refractivity contribution in [1.82, 2.24) is 10.6 Å². The Labute approximate surface area is 129 Å². The van der Waals surface area contributed by atoms with Gasteiger partial charge < -0.3 is 20.5 Å². The predicted molar refractivity (Wildman–Crippen MR) is 72.1 cm³/mol. The van der Waals surface area contributed by atoms with Crippen LogP contribution in [0.15, 0.2) is 30.3 Å². The first-order valence-corrected chi connectivity index (χ1v) is 6.59. The smallest absolute Gasteiger partial charge is 0.369 e. The summed E-state index contributed by atoms with van der Waals surface area (Å²) in [4.78, 5) is 23.6. The number of alkyl halides is 3. The number of carbonyl (C=O) groups excluding carboxylic acids is 2. The molecule has 1 aliphatic heterocycles. The zero-order valence-corrected chi connectivity index (χ0v) is 12.1. The number of urea groups is 1. The molecule has 22 heavy (non-hydrogen) atoms. The molecule has 2 amide bonds. The number of hydrogen-bond donors (Lipinski definition) is 3.